The molecular formula is C24H32FN3O4Si. The van der Waals surface area contributed by atoms with Crippen molar-refractivity contribution in [3.05, 3.63) is 59.4 Å². The van der Waals surface area contributed by atoms with Gasteiger partial charge in [0.25, 0.3) is 5.91 Å². The number of urea groups is 1. The van der Waals surface area contributed by atoms with Crippen LogP contribution in [0.5, 0.6) is 0 Å². The third-order valence-electron chi connectivity index (χ3n) is 5.65. The number of nitrogens with one attached hydrogen (secondary N) is 2. The maximum atomic E-state index is 14.7. The smallest absolute Gasteiger partial charge is 0.318 e. The molecule has 1 heterocycles. The standard InChI is InChI=1S/C24H32FN3O4Si/c1-32-15-16-5-7-17(8-6-16)22(27-24(31)28-12-11-19(29)14-28)23(30)26-18-9-10-21(20(25)13-18)33(2,3)4/h5-10,13,19,22,29H,11-12,14-15H2,1-4H3,(H,26,30)(H,27,31)/t19-,22+/m0/s1. The Morgan fingerprint density at radius 2 is 1.91 bits per heavy atom. The van der Waals surface area contributed by atoms with Crippen LogP contribution in [-0.4, -0.2) is 56.3 Å². The van der Waals surface area contributed by atoms with E-state index in [9.17, 15) is 19.1 Å². The highest BCUT2D eigenvalue weighted by atomic mass is 28.3. The lowest BCUT2D eigenvalue weighted by molar-refractivity contribution is -0.118. The molecular weight excluding hydrogens is 441 g/mol. The highest BCUT2D eigenvalue weighted by molar-refractivity contribution is 6.88. The molecule has 33 heavy (non-hydrogen) atoms. The molecule has 1 aliphatic rings. The third kappa shape index (κ3) is 6.40. The van der Waals surface area contributed by atoms with Gasteiger partial charge in [-0.05, 0) is 34.9 Å². The van der Waals surface area contributed by atoms with Crippen molar-refractivity contribution in [1.82, 2.24) is 10.2 Å². The molecule has 2 aromatic rings. The summed E-state index contributed by atoms with van der Waals surface area (Å²) >= 11 is 0. The van der Waals surface area contributed by atoms with E-state index in [1.807, 2.05) is 12.1 Å². The number of likely N-dealkylation sites (tertiary alicyclic amines) is 1. The van der Waals surface area contributed by atoms with Crippen molar-refractivity contribution in [2.24, 2.45) is 0 Å². The van der Waals surface area contributed by atoms with Crippen LogP contribution in [0.15, 0.2) is 42.5 Å². The van der Waals surface area contributed by atoms with E-state index in [-0.39, 0.29) is 12.4 Å². The first-order chi connectivity index (χ1) is 15.6. The number of amides is 3. The summed E-state index contributed by atoms with van der Waals surface area (Å²) in [6.07, 6.45) is -0.0668. The van der Waals surface area contributed by atoms with Crippen molar-refractivity contribution in [2.75, 3.05) is 25.5 Å². The Hall–Kier alpha value is -2.75. The largest absolute Gasteiger partial charge is 0.391 e. The summed E-state index contributed by atoms with van der Waals surface area (Å²) < 4.78 is 19.8. The average molecular weight is 474 g/mol. The predicted octanol–water partition coefficient (Wildman–Crippen LogP) is 2.97. The molecule has 2 aromatic carbocycles. The molecule has 2 atom stereocenters. The zero-order valence-corrected chi connectivity index (χ0v) is 20.5. The van der Waals surface area contributed by atoms with Gasteiger partial charge >= 0.3 is 6.03 Å². The molecule has 0 unspecified atom stereocenters. The molecule has 1 aliphatic heterocycles. The highest BCUT2D eigenvalue weighted by Gasteiger charge is 2.30. The second kappa shape index (κ2) is 10.5. The Balaban J connectivity index is 1.82. The lowest BCUT2D eigenvalue weighted by Gasteiger charge is -2.24. The molecule has 3 rings (SSSR count). The number of carbonyl (C=O) groups excluding carboxylic acids is 2. The molecule has 0 radical (unpaired) electrons. The fourth-order valence-electron chi connectivity index (χ4n) is 3.83. The molecule has 1 saturated heterocycles. The lowest BCUT2D eigenvalue weighted by Crippen LogP contribution is -2.44. The quantitative estimate of drug-likeness (QED) is 0.539. The number of aliphatic hydroxyl groups is 1. The van der Waals surface area contributed by atoms with E-state index in [4.69, 9.17) is 4.74 Å². The van der Waals surface area contributed by atoms with Crippen molar-refractivity contribution in [3.63, 3.8) is 0 Å². The van der Waals surface area contributed by atoms with Gasteiger partial charge in [-0.1, -0.05) is 50.0 Å². The van der Waals surface area contributed by atoms with E-state index in [0.29, 0.717) is 36.0 Å². The molecule has 178 valence electrons. The zero-order chi connectivity index (χ0) is 24.2. The van der Waals surface area contributed by atoms with Gasteiger partial charge in [-0.3, -0.25) is 4.79 Å². The van der Waals surface area contributed by atoms with Gasteiger partial charge in [0.1, 0.15) is 11.9 Å². The molecule has 0 aliphatic carbocycles. The second-order valence-corrected chi connectivity index (χ2v) is 14.4. The number of rotatable bonds is 7. The maximum Gasteiger partial charge on any atom is 0.318 e. The third-order valence-corrected chi connectivity index (χ3v) is 7.67. The van der Waals surface area contributed by atoms with Crippen LogP contribution >= 0.6 is 0 Å². The van der Waals surface area contributed by atoms with Gasteiger partial charge in [-0.2, -0.15) is 0 Å². The van der Waals surface area contributed by atoms with Gasteiger partial charge < -0.3 is 25.4 Å². The number of anilines is 1. The Morgan fingerprint density at radius 1 is 1.21 bits per heavy atom. The first-order valence-corrected chi connectivity index (χ1v) is 14.5. The number of aliphatic hydroxyl groups excluding tert-OH is 1. The average Bonchev–Trinajstić information content (AvgIpc) is 3.18. The minimum Gasteiger partial charge on any atom is -0.391 e. The Bertz CT molecular complexity index is 994. The summed E-state index contributed by atoms with van der Waals surface area (Å²) in [5.41, 5.74) is 1.84. The van der Waals surface area contributed by atoms with Gasteiger partial charge in [0, 0.05) is 25.9 Å². The Labute approximate surface area is 194 Å². The van der Waals surface area contributed by atoms with Gasteiger partial charge in [0.05, 0.1) is 20.8 Å². The molecule has 0 spiro atoms. The van der Waals surface area contributed by atoms with Crippen LogP contribution in [0.3, 0.4) is 0 Å². The first-order valence-electron chi connectivity index (χ1n) is 11.0. The molecule has 0 bridgehead atoms. The van der Waals surface area contributed by atoms with Crippen molar-refractivity contribution < 1.29 is 23.8 Å². The van der Waals surface area contributed by atoms with Crippen molar-refractivity contribution >= 4 is 30.9 Å². The first kappa shape index (κ1) is 24.9. The molecule has 7 nitrogen and oxygen atoms in total. The number of ether oxygens (including phenoxy) is 1. The summed E-state index contributed by atoms with van der Waals surface area (Å²) in [6.45, 7) is 7.22. The van der Waals surface area contributed by atoms with Gasteiger partial charge in [0.2, 0.25) is 0 Å². The van der Waals surface area contributed by atoms with Gasteiger partial charge in [0.15, 0.2) is 0 Å². The molecule has 9 heteroatoms. The number of hydrogen-bond donors (Lipinski definition) is 3. The van der Waals surface area contributed by atoms with Crippen LogP contribution in [-0.2, 0) is 16.1 Å². The topological polar surface area (TPSA) is 90.9 Å². The van der Waals surface area contributed by atoms with E-state index in [0.717, 1.165) is 5.56 Å². The van der Waals surface area contributed by atoms with Crippen molar-refractivity contribution in [2.45, 2.75) is 44.8 Å². The van der Waals surface area contributed by atoms with Crippen LogP contribution < -0.4 is 15.8 Å². The molecule has 0 saturated carbocycles. The Morgan fingerprint density at radius 3 is 2.45 bits per heavy atom. The minimum absolute atomic E-state index is 0.219. The van der Waals surface area contributed by atoms with Crippen LogP contribution in [0, 0.1) is 5.82 Å². The predicted molar refractivity (Wildman–Crippen MR) is 129 cm³/mol. The summed E-state index contributed by atoms with van der Waals surface area (Å²) in [4.78, 5) is 27.4. The van der Waals surface area contributed by atoms with Crippen LogP contribution in [0.1, 0.15) is 23.6 Å². The number of halogens is 1. The molecule has 3 amide bonds. The monoisotopic (exact) mass is 473 g/mol. The van der Waals surface area contributed by atoms with E-state index >= 15 is 0 Å². The van der Waals surface area contributed by atoms with Crippen LogP contribution in [0.25, 0.3) is 0 Å². The van der Waals surface area contributed by atoms with Crippen LogP contribution in [0.4, 0.5) is 14.9 Å². The summed E-state index contributed by atoms with van der Waals surface area (Å²) in [5.74, 6) is -0.828. The van der Waals surface area contributed by atoms with E-state index in [1.165, 1.54) is 11.0 Å². The number of methoxy groups -OCH3 is 1. The van der Waals surface area contributed by atoms with E-state index < -0.39 is 32.2 Å². The summed E-state index contributed by atoms with van der Waals surface area (Å²) in [7, 11) is -0.252. The number of carbonyl (C=O) groups is 2. The van der Waals surface area contributed by atoms with Crippen LogP contribution in [0.2, 0.25) is 19.6 Å². The lowest BCUT2D eigenvalue weighted by atomic mass is 10.0. The molecule has 3 N–H and O–H groups in total. The summed E-state index contributed by atoms with van der Waals surface area (Å²) in [5, 5.41) is 15.9. The number of hydrogen-bond acceptors (Lipinski definition) is 4. The number of benzene rings is 2. The minimum atomic E-state index is -1.85. The van der Waals surface area contributed by atoms with E-state index in [1.54, 1.807) is 31.4 Å². The molecule has 1 fully saturated rings. The normalized spacial score (nSPS) is 17.0. The number of β-amino-alcohol motifs (C(OH)–C–C–N with tert-alkyl or cyclic N) is 1. The fraction of sp³-hybridized carbons (Fsp3) is 0.417. The maximum absolute atomic E-state index is 14.7. The van der Waals surface area contributed by atoms with Crippen molar-refractivity contribution in [3.8, 4) is 0 Å². The van der Waals surface area contributed by atoms with E-state index in [2.05, 4.69) is 30.3 Å². The Kier molecular flexibility index (Phi) is 7.88. The molecule has 0 aromatic heterocycles. The summed E-state index contributed by atoms with van der Waals surface area (Å²) in [6, 6.07) is 10.5. The van der Waals surface area contributed by atoms with Crippen molar-refractivity contribution in [1.29, 1.82) is 0 Å². The SMILES string of the molecule is COCc1ccc([C@@H](NC(=O)N2CC[C@H](O)C2)C(=O)Nc2ccc([Si](C)(C)C)c(F)c2)cc1. The van der Waals surface area contributed by atoms with Gasteiger partial charge in [-0.15, -0.1) is 0 Å². The zero-order valence-electron chi connectivity index (χ0n) is 19.5. The van der Waals surface area contributed by atoms with Gasteiger partial charge in [-0.25, -0.2) is 9.18 Å². The fourth-order valence-corrected chi connectivity index (χ4v) is 5.20. The highest BCUT2D eigenvalue weighted by Crippen LogP contribution is 2.20. The number of nitrogens with zero attached hydrogens (tertiary/aromatic N) is 1. The second-order valence-electron chi connectivity index (χ2n) is 9.38.